The molecule has 4 nitrogen and oxygen atoms in total. The minimum atomic E-state index is -0.260. The van der Waals surface area contributed by atoms with Crippen LogP contribution in [0.4, 0.5) is 0 Å². The Morgan fingerprint density at radius 2 is 1.79 bits per heavy atom. The van der Waals surface area contributed by atoms with Gasteiger partial charge in [-0.15, -0.1) is 11.3 Å². The number of rotatable bonds is 4. The molecule has 0 unspecified atom stereocenters. The molecule has 0 radical (unpaired) electrons. The molecule has 1 aromatic carbocycles. The van der Waals surface area contributed by atoms with E-state index in [4.69, 9.17) is 5.73 Å². The lowest BCUT2D eigenvalue weighted by atomic mass is 9.96. The fraction of sp³-hybridized carbons (Fsp3) is 0.263. The third kappa shape index (κ3) is 3.92. The van der Waals surface area contributed by atoms with Gasteiger partial charge in [0.1, 0.15) is 0 Å². The first-order valence-corrected chi connectivity index (χ1v) is 8.86. The van der Waals surface area contributed by atoms with Gasteiger partial charge in [0.05, 0.1) is 0 Å². The zero-order valence-corrected chi connectivity index (χ0v) is 14.2. The minimum absolute atomic E-state index is 0.00687. The fourth-order valence-electron chi connectivity index (χ4n) is 2.84. The molecule has 5 heteroatoms. The monoisotopic (exact) mass is 340 g/mol. The highest BCUT2D eigenvalue weighted by atomic mass is 32.1. The summed E-state index contributed by atoms with van der Waals surface area (Å²) in [5, 5.41) is 0. The lowest BCUT2D eigenvalue weighted by Gasteiger charge is -2.29. The third-order valence-corrected chi connectivity index (χ3v) is 5.38. The van der Waals surface area contributed by atoms with E-state index in [1.165, 1.54) is 10.4 Å². The van der Waals surface area contributed by atoms with E-state index in [0.717, 1.165) is 4.88 Å². The zero-order chi connectivity index (χ0) is 16.9. The van der Waals surface area contributed by atoms with Gasteiger partial charge in [-0.25, -0.2) is 0 Å². The topological polar surface area (TPSA) is 63.4 Å². The number of hydrogen-bond donors (Lipinski definition) is 1. The van der Waals surface area contributed by atoms with Gasteiger partial charge < -0.3 is 10.6 Å². The Hall–Kier alpha value is -2.40. The molecule has 1 aliphatic rings. The Labute approximate surface area is 145 Å². The molecule has 0 bridgehead atoms. The van der Waals surface area contributed by atoms with E-state index in [9.17, 15) is 9.59 Å². The number of likely N-dealkylation sites (tertiary alicyclic amines) is 1. The van der Waals surface area contributed by atoms with Crippen LogP contribution in [-0.4, -0.2) is 29.8 Å². The predicted molar refractivity (Wildman–Crippen MR) is 97.3 cm³/mol. The summed E-state index contributed by atoms with van der Waals surface area (Å²) in [5.41, 5.74) is 6.50. The molecule has 2 N–H and O–H groups in total. The molecule has 3 rings (SSSR count). The third-order valence-electron chi connectivity index (χ3n) is 4.28. The van der Waals surface area contributed by atoms with Crippen LogP contribution in [0.2, 0.25) is 0 Å². The second-order valence-electron chi connectivity index (χ2n) is 5.90. The number of hydrogen-bond acceptors (Lipinski definition) is 3. The Morgan fingerprint density at radius 1 is 1.08 bits per heavy atom. The lowest BCUT2D eigenvalue weighted by molar-refractivity contribution is -0.130. The van der Waals surface area contributed by atoms with Gasteiger partial charge in [-0.2, -0.15) is 0 Å². The highest BCUT2D eigenvalue weighted by Gasteiger charge is 2.24. The van der Waals surface area contributed by atoms with E-state index in [-0.39, 0.29) is 17.7 Å². The van der Waals surface area contributed by atoms with Gasteiger partial charge in [0.15, 0.2) is 0 Å². The number of carbonyl (C=O) groups excluding carboxylic acids is 2. The molecule has 2 amide bonds. The van der Waals surface area contributed by atoms with Crippen molar-refractivity contribution in [3.05, 3.63) is 53.4 Å². The minimum Gasteiger partial charge on any atom is -0.369 e. The van der Waals surface area contributed by atoms with Gasteiger partial charge in [0.2, 0.25) is 11.8 Å². The van der Waals surface area contributed by atoms with Crippen LogP contribution in [0.3, 0.4) is 0 Å². The summed E-state index contributed by atoms with van der Waals surface area (Å²) >= 11 is 1.66. The summed E-state index contributed by atoms with van der Waals surface area (Å²) in [6.45, 7) is 1.19. The van der Waals surface area contributed by atoms with Crippen molar-refractivity contribution in [3.63, 3.8) is 0 Å². The number of piperidine rings is 1. The maximum atomic E-state index is 12.3. The van der Waals surface area contributed by atoms with Crippen molar-refractivity contribution in [2.75, 3.05) is 13.1 Å². The first-order valence-electron chi connectivity index (χ1n) is 8.05. The van der Waals surface area contributed by atoms with E-state index < -0.39 is 0 Å². The second-order valence-corrected chi connectivity index (χ2v) is 7.02. The van der Waals surface area contributed by atoms with Gasteiger partial charge >= 0.3 is 0 Å². The molecule has 1 fully saturated rings. The van der Waals surface area contributed by atoms with E-state index in [1.807, 2.05) is 30.3 Å². The van der Waals surface area contributed by atoms with Gasteiger partial charge in [-0.05, 0) is 36.6 Å². The van der Waals surface area contributed by atoms with Crippen molar-refractivity contribution in [3.8, 4) is 10.4 Å². The van der Waals surface area contributed by atoms with Crippen LogP contribution in [0.5, 0.6) is 0 Å². The van der Waals surface area contributed by atoms with Crippen LogP contribution in [-0.2, 0) is 9.59 Å². The van der Waals surface area contributed by atoms with Crippen LogP contribution >= 0.6 is 11.3 Å². The maximum Gasteiger partial charge on any atom is 0.246 e. The maximum absolute atomic E-state index is 12.3. The average molecular weight is 340 g/mol. The zero-order valence-electron chi connectivity index (χ0n) is 13.4. The molecule has 0 saturated carbocycles. The van der Waals surface area contributed by atoms with Gasteiger partial charge in [-0.3, -0.25) is 9.59 Å². The van der Waals surface area contributed by atoms with E-state index >= 15 is 0 Å². The average Bonchev–Trinajstić information content (AvgIpc) is 3.09. The number of carbonyl (C=O) groups is 2. The molecule has 1 aliphatic heterocycles. The number of nitrogens with zero attached hydrogens (tertiary/aromatic N) is 1. The van der Waals surface area contributed by atoms with Crippen molar-refractivity contribution >= 4 is 29.2 Å². The van der Waals surface area contributed by atoms with E-state index in [2.05, 4.69) is 18.2 Å². The Morgan fingerprint density at radius 3 is 2.46 bits per heavy atom. The summed E-state index contributed by atoms with van der Waals surface area (Å²) < 4.78 is 0. The largest absolute Gasteiger partial charge is 0.369 e. The smallest absolute Gasteiger partial charge is 0.246 e. The van der Waals surface area contributed by atoms with Crippen molar-refractivity contribution in [2.45, 2.75) is 12.8 Å². The summed E-state index contributed by atoms with van der Waals surface area (Å²) in [7, 11) is 0. The molecule has 0 aliphatic carbocycles. The van der Waals surface area contributed by atoms with E-state index in [1.54, 1.807) is 22.3 Å². The van der Waals surface area contributed by atoms with Crippen LogP contribution < -0.4 is 5.73 Å². The molecule has 0 spiro atoms. The van der Waals surface area contributed by atoms with Crippen LogP contribution in [0.15, 0.2) is 48.5 Å². The number of nitrogens with two attached hydrogens (primary N) is 1. The SMILES string of the molecule is NC(=O)C1CCN(C(=O)/C=C\c2ccc(-c3ccccc3)s2)CC1. The summed E-state index contributed by atoms with van der Waals surface area (Å²) in [5.74, 6) is -0.360. The predicted octanol–water partition coefficient (Wildman–Crippen LogP) is 3.15. The summed E-state index contributed by atoms with van der Waals surface area (Å²) in [4.78, 5) is 27.4. The highest BCUT2D eigenvalue weighted by molar-refractivity contribution is 7.16. The quantitative estimate of drug-likeness (QED) is 0.869. The number of benzene rings is 1. The molecule has 2 aromatic rings. The van der Waals surface area contributed by atoms with Crippen molar-refractivity contribution in [1.29, 1.82) is 0 Å². The molecule has 1 aromatic heterocycles. The second kappa shape index (κ2) is 7.45. The lowest BCUT2D eigenvalue weighted by Crippen LogP contribution is -2.41. The number of primary amides is 1. The van der Waals surface area contributed by atoms with Crippen LogP contribution in [0, 0.1) is 5.92 Å². The molecule has 124 valence electrons. The summed E-state index contributed by atoms with van der Waals surface area (Å²) in [6, 6.07) is 14.3. The molecule has 2 heterocycles. The Bertz CT molecular complexity index is 744. The van der Waals surface area contributed by atoms with E-state index in [0.29, 0.717) is 25.9 Å². The first-order chi connectivity index (χ1) is 11.6. The molecule has 1 saturated heterocycles. The number of amides is 2. The Kier molecular flexibility index (Phi) is 5.11. The van der Waals surface area contributed by atoms with Crippen LogP contribution in [0.1, 0.15) is 17.7 Å². The standard InChI is InChI=1S/C19H20N2O2S/c20-19(23)15-10-12-21(13-11-15)18(22)9-7-16-6-8-17(24-16)14-4-2-1-3-5-14/h1-9,15H,10-13H2,(H2,20,23)/b9-7-. The van der Waals surface area contributed by atoms with Gasteiger partial charge in [0, 0.05) is 34.8 Å². The van der Waals surface area contributed by atoms with Crippen molar-refractivity contribution in [2.24, 2.45) is 11.7 Å². The van der Waals surface area contributed by atoms with Crippen LogP contribution in [0.25, 0.3) is 16.5 Å². The molecular weight excluding hydrogens is 320 g/mol. The van der Waals surface area contributed by atoms with Gasteiger partial charge in [0.25, 0.3) is 0 Å². The van der Waals surface area contributed by atoms with Crippen molar-refractivity contribution < 1.29 is 9.59 Å². The normalized spacial score (nSPS) is 15.8. The summed E-state index contributed by atoms with van der Waals surface area (Å²) in [6.07, 6.45) is 4.79. The van der Waals surface area contributed by atoms with Crippen molar-refractivity contribution in [1.82, 2.24) is 4.90 Å². The Balaban J connectivity index is 1.59. The molecular formula is C19H20N2O2S. The first kappa shape index (κ1) is 16.5. The molecule has 0 atom stereocenters. The highest BCUT2D eigenvalue weighted by Crippen LogP contribution is 2.28. The molecule has 24 heavy (non-hydrogen) atoms. The fourth-order valence-corrected chi connectivity index (χ4v) is 3.76. The number of thiophene rings is 1. The van der Waals surface area contributed by atoms with Gasteiger partial charge in [-0.1, -0.05) is 30.3 Å².